The molecule has 0 spiro atoms. The van der Waals surface area contributed by atoms with Crippen LogP contribution in [0.5, 0.6) is 0 Å². The summed E-state index contributed by atoms with van der Waals surface area (Å²) in [4.78, 5) is 13.4. The smallest absolute Gasteiger partial charge is 0.250 e. The van der Waals surface area contributed by atoms with Gasteiger partial charge in [0.15, 0.2) is 0 Å². The Morgan fingerprint density at radius 1 is 1.58 bits per heavy atom. The van der Waals surface area contributed by atoms with E-state index in [0.29, 0.717) is 16.6 Å². The first-order valence-corrected chi connectivity index (χ1v) is 7.07. The van der Waals surface area contributed by atoms with E-state index in [0.717, 1.165) is 25.3 Å². The SMILES string of the molecule is CCN(CC1CCCN1)c1ccc(C(N)=O)c(Cl)c1. The van der Waals surface area contributed by atoms with Crippen molar-refractivity contribution in [1.29, 1.82) is 0 Å². The Balaban J connectivity index is 2.13. The Kier molecular flexibility index (Phi) is 4.66. The van der Waals surface area contributed by atoms with Gasteiger partial charge in [0, 0.05) is 24.8 Å². The summed E-state index contributed by atoms with van der Waals surface area (Å²) in [5, 5.41) is 3.91. The molecule has 104 valence electrons. The Hall–Kier alpha value is -1.26. The van der Waals surface area contributed by atoms with E-state index in [1.807, 2.05) is 12.1 Å². The molecule has 0 aromatic heterocycles. The van der Waals surface area contributed by atoms with Gasteiger partial charge in [-0.05, 0) is 44.5 Å². The van der Waals surface area contributed by atoms with Gasteiger partial charge in [-0.15, -0.1) is 0 Å². The molecule has 2 rings (SSSR count). The molecule has 0 radical (unpaired) electrons. The van der Waals surface area contributed by atoms with Crippen LogP contribution in [0.3, 0.4) is 0 Å². The minimum absolute atomic E-state index is 0.375. The van der Waals surface area contributed by atoms with Crippen molar-refractivity contribution in [3.05, 3.63) is 28.8 Å². The van der Waals surface area contributed by atoms with E-state index in [4.69, 9.17) is 17.3 Å². The van der Waals surface area contributed by atoms with Crippen LogP contribution in [0.1, 0.15) is 30.1 Å². The molecule has 0 aliphatic carbocycles. The fourth-order valence-corrected chi connectivity index (χ4v) is 2.76. The number of hydrogen-bond donors (Lipinski definition) is 2. The number of rotatable bonds is 5. The highest BCUT2D eigenvalue weighted by atomic mass is 35.5. The van der Waals surface area contributed by atoms with Crippen LogP contribution in [0, 0.1) is 0 Å². The lowest BCUT2D eigenvalue weighted by Gasteiger charge is -2.27. The first-order valence-electron chi connectivity index (χ1n) is 6.69. The van der Waals surface area contributed by atoms with E-state index < -0.39 is 5.91 Å². The van der Waals surface area contributed by atoms with Gasteiger partial charge in [-0.1, -0.05) is 11.6 Å². The first-order chi connectivity index (χ1) is 9.11. The number of carbonyl (C=O) groups is 1. The number of anilines is 1. The highest BCUT2D eigenvalue weighted by molar-refractivity contribution is 6.34. The summed E-state index contributed by atoms with van der Waals surface area (Å²) in [6.07, 6.45) is 2.45. The van der Waals surface area contributed by atoms with Crippen LogP contribution in [-0.2, 0) is 0 Å². The van der Waals surface area contributed by atoms with Crippen molar-refractivity contribution < 1.29 is 4.79 Å². The summed E-state index contributed by atoms with van der Waals surface area (Å²) in [6, 6.07) is 5.96. The fourth-order valence-electron chi connectivity index (χ4n) is 2.50. The molecule has 5 heteroatoms. The third kappa shape index (κ3) is 3.39. The third-order valence-corrected chi connectivity index (χ3v) is 3.88. The van der Waals surface area contributed by atoms with Gasteiger partial charge in [0.1, 0.15) is 0 Å². The largest absolute Gasteiger partial charge is 0.370 e. The van der Waals surface area contributed by atoms with Gasteiger partial charge >= 0.3 is 0 Å². The molecule has 1 heterocycles. The zero-order valence-electron chi connectivity index (χ0n) is 11.2. The molecule has 1 saturated heterocycles. The molecule has 1 aromatic carbocycles. The van der Waals surface area contributed by atoms with Crippen molar-refractivity contribution in [2.75, 3.05) is 24.5 Å². The van der Waals surface area contributed by atoms with Crippen LogP contribution >= 0.6 is 11.6 Å². The zero-order valence-corrected chi connectivity index (χ0v) is 11.9. The van der Waals surface area contributed by atoms with Crippen molar-refractivity contribution in [3.63, 3.8) is 0 Å². The van der Waals surface area contributed by atoms with Gasteiger partial charge in [0.2, 0.25) is 5.91 Å². The monoisotopic (exact) mass is 281 g/mol. The molecular weight excluding hydrogens is 262 g/mol. The molecule has 1 atom stereocenters. The lowest BCUT2D eigenvalue weighted by Crippen LogP contribution is -2.37. The molecule has 1 aliphatic rings. The van der Waals surface area contributed by atoms with Crippen LogP contribution in [0.15, 0.2) is 18.2 Å². The maximum atomic E-state index is 11.2. The van der Waals surface area contributed by atoms with Gasteiger partial charge in [-0.3, -0.25) is 4.79 Å². The number of likely N-dealkylation sites (N-methyl/N-ethyl adjacent to an activating group) is 1. The van der Waals surface area contributed by atoms with Crippen molar-refractivity contribution in [1.82, 2.24) is 5.32 Å². The number of carbonyl (C=O) groups excluding carboxylic acids is 1. The Morgan fingerprint density at radius 2 is 2.37 bits per heavy atom. The minimum Gasteiger partial charge on any atom is -0.370 e. The van der Waals surface area contributed by atoms with Gasteiger partial charge in [0.25, 0.3) is 0 Å². The fraction of sp³-hybridized carbons (Fsp3) is 0.500. The predicted molar refractivity (Wildman–Crippen MR) is 78.9 cm³/mol. The minimum atomic E-state index is -0.489. The maximum absolute atomic E-state index is 11.2. The van der Waals surface area contributed by atoms with E-state index in [1.54, 1.807) is 6.07 Å². The molecule has 19 heavy (non-hydrogen) atoms. The quantitative estimate of drug-likeness (QED) is 0.868. The maximum Gasteiger partial charge on any atom is 0.250 e. The molecule has 1 fully saturated rings. The molecule has 4 nitrogen and oxygen atoms in total. The molecule has 1 unspecified atom stereocenters. The van der Waals surface area contributed by atoms with Gasteiger partial charge in [-0.2, -0.15) is 0 Å². The third-order valence-electron chi connectivity index (χ3n) is 3.57. The van der Waals surface area contributed by atoms with Crippen LogP contribution < -0.4 is 16.0 Å². The van der Waals surface area contributed by atoms with Gasteiger partial charge < -0.3 is 16.0 Å². The second-order valence-corrected chi connectivity index (χ2v) is 5.27. The van der Waals surface area contributed by atoms with Gasteiger partial charge in [-0.25, -0.2) is 0 Å². The van der Waals surface area contributed by atoms with E-state index in [1.165, 1.54) is 12.8 Å². The summed E-state index contributed by atoms with van der Waals surface area (Å²) in [7, 11) is 0. The topological polar surface area (TPSA) is 58.4 Å². The van der Waals surface area contributed by atoms with Crippen molar-refractivity contribution in [3.8, 4) is 0 Å². The Morgan fingerprint density at radius 3 is 2.89 bits per heavy atom. The summed E-state index contributed by atoms with van der Waals surface area (Å²) in [5.41, 5.74) is 6.67. The highest BCUT2D eigenvalue weighted by Crippen LogP contribution is 2.24. The summed E-state index contributed by atoms with van der Waals surface area (Å²) in [6.45, 7) is 5.08. The number of primary amides is 1. The number of nitrogens with one attached hydrogen (secondary N) is 1. The van der Waals surface area contributed by atoms with Crippen LogP contribution in [-0.4, -0.2) is 31.6 Å². The Labute approximate surface area is 118 Å². The van der Waals surface area contributed by atoms with Crippen molar-refractivity contribution in [2.24, 2.45) is 5.73 Å². The second-order valence-electron chi connectivity index (χ2n) is 4.86. The molecule has 1 aliphatic heterocycles. The number of halogens is 1. The average Bonchev–Trinajstić information content (AvgIpc) is 2.88. The standard InChI is InChI=1S/C14H20ClN3O/c1-2-18(9-10-4-3-7-17-10)11-5-6-12(14(16)19)13(15)8-11/h5-6,8,10,17H,2-4,7,9H2,1H3,(H2,16,19). The molecule has 0 saturated carbocycles. The van der Waals surface area contributed by atoms with Crippen LogP contribution in [0.25, 0.3) is 0 Å². The second kappa shape index (κ2) is 6.26. The average molecular weight is 282 g/mol. The van der Waals surface area contributed by atoms with E-state index in [2.05, 4.69) is 17.1 Å². The van der Waals surface area contributed by atoms with Gasteiger partial charge in [0.05, 0.1) is 10.6 Å². The number of benzene rings is 1. The summed E-state index contributed by atoms with van der Waals surface area (Å²) in [5.74, 6) is -0.489. The summed E-state index contributed by atoms with van der Waals surface area (Å²) >= 11 is 6.10. The first kappa shape index (κ1) is 14.2. The molecule has 1 amide bonds. The highest BCUT2D eigenvalue weighted by Gasteiger charge is 2.18. The number of amides is 1. The van der Waals surface area contributed by atoms with Crippen LogP contribution in [0.2, 0.25) is 5.02 Å². The summed E-state index contributed by atoms with van der Waals surface area (Å²) < 4.78 is 0. The predicted octanol–water partition coefficient (Wildman–Crippen LogP) is 2.02. The lowest BCUT2D eigenvalue weighted by atomic mass is 10.1. The molecular formula is C14H20ClN3O. The van der Waals surface area contributed by atoms with Crippen molar-refractivity contribution in [2.45, 2.75) is 25.8 Å². The lowest BCUT2D eigenvalue weighted by molar-refractivity contribution is 0.100. The number of nitrogens with two attached hydrogens (primary N) is 1. The van der Waals surface area contributed by atoms with E-state index in [-0.39, 0.29) is 0 Å². The molecule has 3 N–H and O–H groups in total. The van der Waals surface area contributed by atoms with E-state index in [9.17, 15) is 4.79 Å². The number of nitrogens with zero attached hydrogens (tertiary/aromatic N) is 1. The Bertz CT molecular complexity index is 458. The van der Waals surface area contributed by atoms with Crippen LogP contribution in [0.4, 0.5) is 5.69 Å². The van der Waals surface area contributed by atoms with E-state index >= 15 is 0 Å². The number of hydrogen-bond acceptors (Lipinski definition) is 3. The van der Waals surface area contributed by atoms with Crippen molar-refractivity contribution >= 4 is 23.2 Å². The normalized spacial score (nSPS) is 18.5. The molecule has 1 aromatic rings. The molecule has 0 bridgehead atoms. The zero-order chi connectivity index (χ0) is 13.8.